The molecule has 0 aliphatic carbocycles. The van der Waals surface area contributed by atoms with E-state index in [0.29, 0.717) is 29.6 Å². The molecule has 2 aromatic rings. The molecule has 2 rings (SSSR count). The van der Waals surface area contributed by atoms with Crippen molar-refractivity contribution >= 4 is 34.5 Å². The molecule has 342 valence electrons. The van der Waals surface area contributed by atoms with E-state index in [1.54, 1.807) is 0 Å². The van der Waals surface area contributed by atoms with Gasteiger partial charge in [0.05, 0.1) is 0 Å². The summed E-state index contributed by atoms with van der Waals surface area (Å²) in [6.45, 7) is 29.9. The third-order valence-corrected chi connectivity index (χ3v) is 14.1. The normalized spacial score (nSPS) is 14.7. The molecule has 0 heterocycles. The maximum absolute atomic E-state index is 6.60. The van der Waals surface area contributed by atoms with Gasteiger partial charge in [0.15, 0.2) is 10.1 Å². The van der Waals surface area contributed by atoms with Gasteiger partial charge in [-0.3, -0.25) is 0 Å². The van der Waals surface area contributed by atoms with Gasteiger partial charge < -0.3 is 9.47 Å². The number of unbranched alkanes of at least 4 members (excludes halogenated alkanes) is 10. The van der Waals surface area contributed by atoms with Gasteiger partial charge in [-0.1, -0.05) is 203 Å². The molecule has 0 aliphatic rings. The van der Waals surface area contributed by atoms with E-state index >= 15 is 0 Å². The summed E-state index contributed by atoms with van der Waals surface area (Å²) >= 11 is 12.2. The Morgan fingerprint density at radius 3 is 1.17 bits per heavy atom. The average molecular weight is 863 g/mol. The summed E-state index contributed by atoms with van der Waals surface area (Å²) in [6.07, 6.45) is 27.7. The second kappa shape index (κ2) is 28.8. The summed E-state index contributed by atoms with van der Waals surface area (Å²) < 4.78 is 13.2. The zero-order chi connectivity index (χ0) is 44.7. The lowest BCUT2D eigenvalue weighted by molar-refractivity contribution is 0.0784. The highest BCUT2D eigenvalue weighted by atomic mass is 32.1. The number of hydrogen-bond donors (Lipinski definition) is 0. The summed E-state index contributed by atoms with van der Waals surface area (Å²) in [5, 5.41) is 1.50. The third kappa shape index (κ3) is 19.7. The standard InChI is InChI=1S/C56H94O2S2/c1-14-19-21-23-25-27-30-46(44(17-4)34-38-53(59)57-51-40-42(6)32-36-49(51)55(8,9)10)48(29-16-3)47(31-28-26-24-22-20-15-2)45(18-5)35-39-54(60)58-52-41-43(7)33-37-50(52)56(11,12)13/h32-33,36-37,40-41,44-48H,14-31,34-35,38-39H2,1-13H3. The first-order chi connectivity index (χ1) is 28.5. The van der Waals surface area contributed by atoms with Crippen molar-refractivity contribution in [2.45, 2.75) is 242 Å². The molecule has 4 unspecified atom stereocenters. The maximum atomic E-state index is 6.60. The van der Waals surface area contributed by atoms with Crippen LogP contribution in [0.1, 0.15) is 240 Å². The van der Waals surface area contributed by atoms with Crippen LogP contribution in [0.25, 0.3) is 0 Å². The van der Waals surface area contributed by atoms with E-state index in [0.717, 1.165) is 47.3 Å². The molecule has 4 heteroatoms. The van der Waals surface area contributed by atoms with Crippen molar-refractivity contribution in [2.24, 2.45) is 29.6 Å². The predicted molar refractivity (Wildman–Crippen MR) is 274 cm³/mol. The van der Waals surface area contributed by atoms with Crippen molar-refractivity contribution in [3.05, 3.63) is 58.7 Å². The Bertz CT molecular complexity index is 1390. The van der Waals surface area contributed by atoms with Crippen molar-refractivity contribution in [3.63, 3.8) is 0 Å². The molecule has 0 amide bonds. The van der Waals surface area contributed by atoms with Gasteiger partial charge in [0.1, 0.15) is 11.5 Å². The van der Waals surface area contributed by atoms with Crippen LogP contribution in [-0.4, -0.2) is 10.1 Å². The summed E-state index contributed by atoms with van der Waals surface area (Å²) in [5.74, 6) is 5.23. The van der Waals surface area contributed by atoms with Crippen LogP contribution in [0, 0.1) is 43.4 Å². The lowest BCUT2D eigenvalue weighted by Gasteiger charge is -2.42. The fraction of sp³-hybridized carbons (Fsp3) is 0.750. The predicted octanol–water partition coefficient (Wildman–Crippen LogP) is 18.8. The zero-order valence-corrected chi connectivity index (χ0v) is 43.2. The zero-order valence-electron chi connectivity index (χ0n) is 41.5. The Kier molecular flexibility index (Phi) is 26.1. The lowest BCUT2D eigenvalue weighted by atomic mass is 9.63. The van der Waals surface area contributed by atoms with Crippen LogP contribution in [0.5, 0.6) is 11.5 Å². The average Bonchev–Trinajstić information content (AvgIpc) is 3.17. The van der Waals surface area contributed by atoms with Crippen LogP contribution in [0.2, 0.25) is 0 Å². The van der Waals surface area contributed by atoms with Crippen LogP contribution >= 0.6 is 24.4 Å². The summed E-state index contributed by atoms with van der Waals surface area (Å²) in [6, 6.07) is 13.2. The maximum Gasteiger partial charge on any atom is 0.167 e. The second-order valence-corrected chi connectivity index (χ2v) is 21.7. The first-order valence-electron chi connectivity index (χ1n) is 25.1. The smallest absolute Gasteiger partial charge is 0.167 e. The minimum absolute atomic E-state index is 0.00710. The molecular formula is C56H94O2S2. The minimum atomic E-state index is -0.00710. The molecule has 0 aliphatic heterocycles. The van der Waals surface area contributed by atoms with Gasteiger partial charge in [-0.2, -0.15) is 0 Å². The SMILES string of the molecule is CCCCCCCCC(C(CC)CCC(=S)Oc1cc(C)ccc1C(C)(C)C)C(CCC)C(CCCCCCCC)C(CC)CCC(=S)Oc1cc(C)ccc1C(C)(C)C. The third-order valence-electron chi connectivity index (χ3n) is 13.5. The summed E-state index contributed by atoms with van der Waals surface area (Å²) in [7, 11) is 0. The van der Waals surface area contributed by atoms with Gasteiger partial charge in [0.25, 0.3) is 0 Å². The monoisotopic (exact) mass is 863 g/mol. The highest BCUT2D eigenvalue weighted by molar-refractivity contribution is 7.80. The molecule has 0 aromatic heterocycles. The van der Waals surface area contributed by atoms with Crippen molar-refractivity contribution < 1.29 is 9.47 Å². The quantitative estimate of drug-likeness (QED) is 0.0575. The van der Waals surface area contributed by atoms with E-state index in [2.05, 4.69) is 126 Å². The highest BCUT2D eigenvalue weighted by Crippen LogP contribution is 2.45. The Balaban J connectivity index is 2.45. The minimum Gasteiger partial charge on any atom is -0.450 e. The summed E-state index contributed by atoms with van der Waals surface area (Å²) in [5.41, 5.74) is 4.88. The van der Waals surface area contributed by atoms with E-state index in [1.165, 1.54) is 138 Å². The Morgan fingerprint density at radius 1 is 0.467 bits per heavy atom. The fourth-order valence-electron chi connectivity index (χ4n) is 10.1. The van der Waals surface area contributed by atoms with E-state index in [-0.39, 0.29) is 10.8 Å². The van der Waals surface area contributed by atoms with E-state index in [1.807, 2.05) is 0 Å². The van der Waals surface area contributed by atoms with Crippen molar-refractivity contribution in [2.75, 3.05) is 0 Å². The molecule has 60 heavy (non-hydrogen) atoms. The highest BCUT2D eigenvalue weighted by Gasteiger charge is 2.36. The van der Waals surface area contributed by atoms with Crippen molar-refractivity contribution in [1.82, 2.24) is 0 Å². The number of thiocarbonyl (C=S) groups is 2. The molecule has 2 aromatic carbocycles. The molecule has 0 bridgehead atoms. The Labute approximate surface area is 383 Å². The summed E-state index contributed by atoms with van der Waals surface area (Å²) in [4.78, 5) is 0. The van der Waals surface area contributed by atoms with Crippen LogP contribution < -0.4 is 9.47 Å². The first kappa shape index (κ1) is 54.4. The Hall–Kier alpha value is -1.78. The fourth-order valence-corrected chi connectivity index (χ4v) is 10.5. The van der Waals surface area contributed by atoms with Crippen LogP contribution in [0.3, 0.4) is 0 Å². The van der Waals surface area contributed by atoms with Gasteiger partial charge in [-0.05, 0) is 128 Å². The number of benzene rings is 2. The van der Waals surface area contributed by atoms with Crippen molar-refractivity contribution in [3.8, 4) is 11.5 Å². The van der Waals surface area contributed by atoms with Crippen molar-refractivity contribution in [1.29, 1.82) is 0 Å². The van der Waals surface area contributed by atoms with Gasteiger partial charge in [-0.15, -0.1) is 0 Å². The van der Waals surface area contributed by atoms with Crippen LogP contribution in [-0.2, 0) is 10.8 Å². The second-order valence-electron chi connectivity index (χ2n) is 20.8. The molecule has 0 saturated carbocycles. The molecule has 0 radical (unpaired) electrons. The molecule has 0 fully saturated rings. The molecular weight excluding hydrogens is 769 g/mol. The van der Waals surface area contributed by atoms with Gasteiger partial charge >= 0.3 is 0 Å². The number of rotatable bonds is 30. The lowest BCUT2D eigenvalue weighted by Crippen LogP contribution is -2.34. The Morgan fingerprint density at radius 2 is 0.833 bits per heavy atom. The van der Waals surface area contributed by atoms with E-state index in [9.17, 15) is 0 Å². The molecule has 0 saturated heterocycles. The molecule has 0 spiro atoms. The number of ether oxygens (including phenoxy) is 2. The van der Waals surface area contributed by atoms with Gasteiger partial charge in [-0.25, -0.2) is 0 Å². The largest absolute Gasteiger partial charge is 0.450 e. The number of aryl methyl sites for hydroxylation is 2. The van der Waals surface area contributed by atoms with E-state index in [4.69, 9.17) is 33.9 Å². The molecule has 2 nitrogen and oxygen atoms in total. The van der Waals surface area contributed by atoms with Gasteiger partial charge in [0.2, 0.25) is 0 Å². The molecule has 0 N–H and O–H groups in total. The first-order valence-corrected chi connectivity index (χ1v) is 26.0. The van der Waals surface area contributed by atoms with Gasteiger partial charge in [0, 0.05) is 24.0 Å². The van der Waals surface area contributed by atoms with Crippen LogP contribution in [0.4, 0.5) is 0 Å². The number of hydrogen-bond acceptors (Lipinski definition) is 4. The van der Waals surface area contributed by atoms with Crippen LogP contribution in [0.15, 0.2) is 36.4 Å². The topological polar surface area (TPSA) is 18.5 Å². The van der Waals surface area contributed by atoms with E-state index < -0.39 is 0 Å². The molecule has 4 atom stereocenters.